The molecule has 0 saturated carbocycles. The van der Waals surface area contributed by atoms with Crippen molar-refractivity contribution in [2.75, 3.05) is 29.9 Å². The smallest absolute Gasteiger partial charge is 0.260 e. The number of halogens is 1. The van der Waals surface area contributed by atoms with Gasteiger partial charge in [0, 0.05) is 13.1 Å². The van der Waals surface area contributed by atoms with Gasteiger partial charge in [-0.3, -0.25) is 14.5 Å². The number of nitrogens with one attached hydrogen (secondary N) is 1. The summed E-state index contributed by atoms with van der Waals surface area (Å²) in [4.78, 5) is 26.6. The molecule has 152 valence electrons. The van der Waals surface area contributed by atoms with Crippen LogP contribution in [0.4, 0.5) is 11.4 Å². The van der Waals surface area contributed by atoms with Gasteiger partial charge in [0.05, 0.1) is 26.9 Å². The number of benzene rings is 2. The van der Waals surface area contributed by atoms with E-state index in [0.717, 1.165) is 19.3 Å². The van der Waals surface area contributed by atoms with E-state index >= 15 is 0 Å². The number of hydrogen-bond acceptors (Lipinski definition) is 4. The van der Waals surface area contributed by atoms with Gasteiger partial charge in [-0.2, -0.15) is 4.31 Å². The van der Waals surface area contributed by atoms with Crippen LogP contribution in [0.15, 0.2) is 47.4 Å². The number of sulfonamides is 1. The molecule has 2 aromatic carbocycles. The summed E-state index contributed by atoms with van der Waals surface area (Å²) in [5, 5.41) is 2.86. The van der Waals surface area contributed by atoms with Gasteiger partial charge in [-0.25, -0.2) is 8.42 Å². The lowest BCUT2D eigenvalue weighted by Gasteiger charge is -2.30. The number of piperidine rings is 1. The number of anilines is 2. The van der Waals surface area contributed by atoms with Crippen molar-refractivity contribution in [2.24, 2.45) is 0 Å². The van der Waals surface area contributed by atoms with Crippen LogP contribution in [0.1, 0.15) is 29.6 Å². The highest BCUT2D eigenvalue weighted by molar-refractivity contribution is 7.89. The van der Waals surface area contributed by atoms with E-state index < -0.39 is 15.9 Å². The van der Waals surface area contributed by atoms with Crippen LogP contribution in [0.3, 0.4) is 0 Å². The fourth-order valence-corrected chi connectivity index (χ4v) is 5.39. The van der Waals surface area contributed by atoms with Gasteiger partial charge < -0.3 is 5.32 Å². The molecular weight excluding hydrogens is 414 g/mol. The predicted molar refractivity (Wildman–Crippen MR) is 111 cm³/mol. The SMILES string of the molecule is O=C1CN(C(=O)c2cc(S(=O)(=O)N3CCCCC3)ccc2Cl)c2ccccc2N1. The van der Waals surface area contributed by atoms with Gasteiger partial charge in [-0.15, -0.1) is 0 Å². The molecule has 1 fully saturated rings. The van der Waals surface area contributed by atoms with Crippen molar-refractivity contribution < 1.29 is 18.0 Å². The van der Waals surface area contributed by atoms with Crippen LogP contribution >= 0.6 is 11.6 Å². The number of fused-ring (bicyclic) bond motifs is 1. The molecular formula is C20H20ClN3O4S. The maximum Gasteiger partial charge on any atom is 0.260 e. The van der Waals surface area contributed by atoms with Gasteiger partial charge in [0.15, 0.2) is 0 Å². The van der Waals surface area contributed by atoms with Crippen LogP contribution in [0.25, 0.3) is 0 Å². The summed E-state index contributed by atoms with van der Waals surface area (Å²) >= 11 is 6.25. The molecule has 7 nitrogen and oxygen atoms in total. The van der Waals surface area contributed by atoms with E-state index in [9.17, 15) is 18.0 Å². The van der Waals surface area contributed by atoms with Crippen LogP contribution in [0, 0.1) is 0 Å². The zero-order valence-corrected chi connectivity index (χ0v) is 17.2. The Morgan fingerprint density at radius 1 is 1.03 bits per heavy atom. The summed E-state index contributed by atoms with van der Waals surface area (Å²) in [6.07, 6.45) is 2.64. The molecule has 2 aliphatic rings. The minimum atomic E-state index is -3.71. The van der Waals surface area contributed by atoms with Gasteiger partial charge in [0.25, 0.3) is 5.91 Å². The molecule has 2 amide bonds. The normalized spacial score (nSPS) is 17.6. The van der Waals surface area contributed by atoms with Crippen molar-refractivity contribution in [1.82, 2.24) is 4.31 Å². The summed E-state index contributed by atoms with van der Waals surface area (Å²) in [5.41, 5.74) is 1.11. The third-order valence-corrected chi connectivity index (χ3v) is 7.36. The van der Waals surface area contributed by atoms with E-state index in [4.69, 9.17) is 11.6 Å². The third kappa shape index (κ3) is 3.75. The zero-order valence-electron chi connectivity index (χ0n) is 15.6. The Labute approximate surface area is 174 Å². The molecule has 9 heteroatoms. The number of hydrogen-bond donors (Lipinski definition) is 1. The third-order valence-electron chi connectivity index (χ3n) is 5.14. The maximum absolute atomic E-state index is 13.2. The number of para-hydroxylation sites is 2. The maximum atomic E-state index is 13.2. The Morgan fingerprint density at radius 2 is 1.76 bits per heavy atom. The first-order valence-electron chi connectivity index (χ1n) is 9.38. The van der Waals surface area contributed by atoms with Crippen molar-refractivity contribution in [3.63, 3.8) is 0 Å². The van der Waals surface area contributed by atoms with Gasteiger partial charge in [-0.05, 0) is 43.2 Å². The standard InChI is InChI=1S/C20H20ClN3O4S/c21-16-9-8-14(29(27,28)23-10-4-1-5-11-23)12-15(16)20(26)24-13-19(25)22-17-6-2-3-7-18(17)24/h2-3,6-9,12H,1,4-5,10-11,13H2,(H,22,25). The summed E-state index contributed by atoms with van der Waals surface area (Å²) in [5.74, 6) is -0.849. The van der Waals surface area contributed by atoms with Gasteiger partial charge >= 0.3 is 0 Å². The molecule has 0 aromatic heterocycles. The molecule has 0 atom stereocenters. The Balaban J connectivity index is 1.72. The van der Waals surface area contributed by atoms with Gasteiger partial charge in [0.2, 0.25) is 15.9 Å². The Bertz CT molecular complexity index is 1080. The number of amides is 2. The molecule has 2 heterocycles. The second kappa shape index (κ2) is 7.78. The molecule has 0 radical (unpaired) electrons. The van der Waals surface area contributed by atoms with Crippen LogP contribution in [0.5, 0.6) is 0 Å². The molecule has 1 N–H and O–H groups in total. The summed E-state index contributed by atoms with van der Waals surface area (Å²) < 4.78 is 27.4. The highest BCUT2D eigenvalue weighted by Crippen LogP contribution is 2.32. The summed E-state index contributed by atoms with van der Waals surface area (Å²) in [7, 11) is -3.71. The molecule has 0 unspecified atom stereocenters. The van der Waals surface area contributed by atoms with Crippen LogP contribution in [-0.4, -0.2) is 44.2 Å². The molecule has 29 heavy (non-hydrogen) atoms. The zero-order chi connectivity index (χ0) is 20.6. The largest absolute Gasteiger partial charge is 0.323 e. The van der Waals surface area contributed by atoms with Crippen LogP contribution in [-0.2, 0) is 14.8 Å². The molecule has 0 aliphatic carbocycles. The molecule has 4 rings (SSSR count). The van der Waals surface area contributed by atoms with Gasteiger partial charge in [0.1, 0.15) is 6.54 Å². The van der Waals surface area contributed by atoms with Crippen molar-refractivity contribution in [2.45, 2.75) is 24.2 Å². The minimum absolute atomic E-state index is 0.0295. The van der Waals surface area contributed by atoms with E-state index in [0.29, 0.717) is 24.5 Å². The average Bonchev–Trinajstić information content (AvgIpc) is 2.73. The first-order chi connectivity index (χ1) is 13.9. The quantitative estimate of drug-likeness (QED) is 0.805. The monoisotopic (exact) mass is 433 g/mol. The molecule has 0 bridgehead atoms. The highest BCUT2D eigenvalue weighted by Gasteiger charge is 2.31. The lowest BCUT2D eigenvalue weighted by molar-refractivity contribution is -0.115. The topological polar surface area (TPSA) is 86.8 Å². The highest BCUT2D eigenvalue weighted by atomic mass is 35.5. The van der Waals surface area contributed by atoms with E-state index in [1.807, 2.05) is 0 Å². The number of nitrogens with zero attached hydrogens (tertiary/aromatic N) is 2. The van der Waals surface area contributed by atoms with E-state index in [-0.39, 0.29) is 27.9 Å². The molecule has 1 saturated heterocycles. The first kappa shape index (κ1) is 19.9. The van der Waals surface area contributed by atoms with E-state index in [1.54, 1.807) is 24.3 Å². The molecule has 2 aliphatic heterocycles. The lowest BCUT2D eigenvalue weighted by Crippen LogP contribution is -2.42. The number of rotatable bonds is 3. The lowest BCUT2D eigenvalue weighted by atomic mass is 10.1. The molecule has 0 spiro atoms. The van der Waals surface area contributed by atoms with Crippen LogP contribution in [0.2, 0.25) is 5.02 Å². The Morgan fingerprint density at radius 3 is 2.52 bits per heavy atom. The number of carbonyl (C=O) groups is 2. The molecule has 2 aromatic rings. The van der Waals surface area contributed by atoms with E-state index in [2.05, 4.69) is 5.32 Å². The fraction of sp³-hybridized carbons (Fsp3) is 0.300. The number of carbonyl (C=O) groups excluding carboxylic acids is 2. The second-order valence-corrected chi connectivity index (χ2v) is 9.41. The van der Waals surface area contributed by atoms with Crippen molar-refractivity contribution in [3.8, 4) is 0 Å². The Hall–Kier alpha value is -2.42. The Kier molecular flexibility index (Phi) is 5.33. The second-order valence-electron chi connectivity index (χ2n) is 7.06. The van der Waals surface area contributed by atoms with Crippen molar-refractivity contribution >= 4 is 44.8 Å². The van der Waals surface area contributed by atoms with Crippen molar-refractivity contribution in [3.05, 3.63) is 53.1 Å². The summed E-state index contributed by atoms with van der Waals surface area (Å²) in [6.45, 7) is 0.761. The van der Waals surface area contributed by atoms with E-state index in [1.165, 1.54) is 27.4 Å². The minimum Gasteiger partial charge on any atom is -0.323 e. The average molecular weight is 434 g/mol. The van der Waals surface area contributed by atoms with Crippen molar-refractivity contribution in [1.29, 1.82) is 0 Å². The summed E-state index contributed by atoms with van der Waals surface area (Å²) in [6, 6.07) is 11.1. The van der Waals surface area contributed by atoms with Gasteiger partial charge in [-0.1, -0.05) is 30.2 Å². The first-order valence-corrected chi connectivity index (χ1v) is 11.2. The predicted octanol–water partition coefficient (Wildman–Crippen LogP) is 3.11. The fourth-order valence-electron chi connectivity index (χ4n) is 3.64. The van der Waals surface area contributed by atoms with Crippen LogP contribution < -0.4 is 10.2 Å².